The highest BCUT2D eigenvalue weighted by atomic mass is 32.1. The van der Waals surface area contributed by atoms with Crippen LogP contribution in [0.4, 0.5) is 5.69 Å². The lowest BCUT2D eigenvalue weighted by atomic mass is 10.1. The predicted octanol–water partition coefficient (Wildman–Crippen LogP) is 3.56. The van der Waals surface area contributed by atoms with E-state index in [0.717, 1.165) is 19.4 Å². The van der Waals surface area contributed by atoms with Crippen molar-refractivity contribution >= 4 is 22.9 Å². The van der Waals surface area contributed by atoms with Crippen LogP contribution >= 0.6 is 11.3 Å². The molecule has 1 atom stereocenters. The van der Waals surface area contributed by atoms with E-state index in [9.17, 15) is 14.9 Å². The molecule has 0 aliphatic carbocycles. The van der Waals surface area contributed by atoms with Gasteiger partial charge in [0.2, 0.25) is 5.91 Å². The molecule has 0 spiro atoms. The molecule has 1 saturated heterocycles. The second-order valence-electron chi connectivity index (χ2n) is 5.32. The lowest BCUT2D eigenvalue weighted by molar-refractivity contribution is -0.385. The average Bonchev–Trinajstić information content (AvgIpc) is 3.18. The first-order chi connectivity index (χ1) is 10.7. The Labute approximate surface area is 132 Å². The fraction of sp³-hybridized carbons (Fsp3) is 0.312. The molecule has 22 heavy (non-hydrogen) atoms. The van der Waals surface area contributed by atoms with Crippen LogP contribution in [0.25, 0.3) is 0 Å². The number of hydrogen-bond donors (Lipinski definition) is 0. The number of amides is 1. The van der Waals surface area contributed by atoms with Crippen LogP contribution < -0.4 is 0 Å². The van der Waals surface area contributed by atoms with Crippen molar-refractivity contribution < 1.29 is 9.72 Å². The van der Waals surface area contributed by atoms with Crippen LogP contribution in [0.15, 0.2) is 41.8 Å². The van der Waals surface area contributed by atoms with Gasteiger partial charge in [-0.3, -0.25) is 14.9 Å². The number of benzene rings is 1. The minimum atomic E-state index is -0.427. The SMILES string of the molecule is O=C(Cc1ccccc1[N+](=O)[O-])N1CCCC1c1cccs1. The number of likely N-dealkylation sites (tertiary alicyclic amines) is 1. The quantitative estimate of drug-likeness (QED) is 0.640. The number of hydrogen-bond acceptors (Lipinski definition) is 4. The molecule has 5 nitrogen and oxygen atoms in total. The van der Waals surface area contributed by atoms with Crippen molar-refractivity contribution in [3.05, 3.63) is 62.3 Å². The van der Waals surface area contributed by atoms with E-state index in [0.29, 0.717) is 5.56 Å². The van der Waals surface area contributed by atoms with Crippen LogP contribution in [0, 0.1) is 10.1 Å². The Morgan fingerprint density at radius 3 is 2.86 bits per heavy atom. The Bertz CT molecular complexity index is 684. The number of nitrogens with zero attached hydrogens (tertiary/aromatic N) is 2. The number of para-hydroxylation sites is 1. The summed E-state index contributed by atoms with van der Waals surface area (Å²) in [6, 6.07) is 10.6. The lowest BCUT2D eigenvalue weighted by Gasteiger charge is -2.24. The minimum absolute atomic E-state index is 0.0164. The molecule has 0 N–H and O–H groups in total. The number of carbonyl (C=O) groups is 1. The molecule has 2 aromatic rings. The number of thiophene rings is 1. The second kappa shape index (κ2) is 6.27. The van der Waals surface area contributed by atoms with Crippen LogP contribution in [0.5, 0.6) is 0 Å². The molecule has 6 heteroatoms. The molecule has 1 aromatic heterocycles. The van der Waals surface area contributed by atoms with E-state index in [1.54, 1.807) is 29.5 Å². The van der Waals surface area contributed by atoms with Crippen molar-refractivity contribution in [3.8, 4) is 0 Å². The molecule has 3 rings (SSSR count). The van der Waals surface area contributed by atoms with Crippen LogP contribution in [-0.2, 0) is 11.2 Å². The first-order valence-corrected chi connectivity index (χ1v) is 8.10. The number of nitro benzene ring substituents is 1. The van der Waals surface area contributed by atoms with Gasteiger partial charge in [-0.15, -0.1) is 11.3 Å². The topological polar surface area (TPSA) is 63.4 Å². The van der Waals surface area contributed by atoms with Crippen LogP contribution in [0.1, 0.15) is 29.3 Å². The summed E-state index contributed by atoms with van der Waals surface area (Å²) in [7, 11) is 0. The Hall–Kier alpha value is -2.21. The molecule has 0 saturated carbocycles. The molecule has 1 aromatic carbocycles. The fourth-order valence-corrected chi connectivity index (χ4v) is 3.82. The van der Waals surface area contributed by atoms with E-state index >= 15 is 0 Å². The van der Waals surface area contributed by atoms with E-state index in [4.69, 9.17) is 0 Å². The van der Waals surface area contributed by atoms with Gasteiger partial charge in [0.15, 0.2) is 0 Å². The standard InChI is InChI=1S/C16H16N2O3S/c19-16(11-12-5-1-2-6-13(12)18(20)21)17-9-3-7-14(17)15-8-4-10-22-15/h1-2,4-6,8,10,14H,3,7,9,11H2. The Balaban J connectivity index is 1.79. The van der Waals surface area contributed by atoms with Gasteiger partial charge >= 0.3 is 0 Å². The zero-order valence-corrected chi connectivity index (χ0v) is 12.8. The Morgan fingerprint density at radius 2 is 2.14 bits per heavy atom. The first kappa shape index (κ1) is 14.7. The van der Waals surface area contributed by atoms with Gasteiger partial charge in [0.05, 0.1) is 17.4 Å². The molecule has 0 radical (unpaired) electrons. The molecule has 114 valence electrons. The molecule has 1 aliphatic heterocycles. The van der Waals surface area contributed by atoms with Crippen LogP contribution in [0.2, 0.25) is 0 Å². The Morgan fingerprint density at radius 1 is 1.32 bits per heavy atom. The normalized spacial score (nSPS) is 17.6. The lowest BCUT2D eigenvalue weighted by Crippen LogP contribution is -2.31. The molecule has 1 amide bonds. The highest BCUT2D eigenvalue weighted by Gasteiger charge is 2.31. The molecule has 1 aliphatic rings. The smallest absolute Gasteiger partial charge is 0.273 e. The third-order valence-electron chi connectivity index (χ3n) is 3.97. The fourth-order valence-electron chi connectivity index (χ4n) is 2.94. The molecule has 0 bridgehead atoms. The summed E-state index contributed by atoms with van der Waals surface area (Å²) in [5.41, 5.74) is 0.497. The molecule has 1 fully saturated rings. The summed E-state index contributed by atoms with van der Waals surface area (Å²) < 4.78 is 0. The van der Waals surface area contributed by atoms with Crippen molar-refractivity contribution in [2.75, 3.05) is 6.54 Å². The van der Waals surface area contributed by atoms with E-state index in [1.165, 1.54) is 10.9 Å². The Kier molecular flexibility index (Phi) is 4.20. The predicted molar refractivity (Wildman–Crippen MR) is 84.8 cm³/mol. The van der Waals surface area contributed by atoms with Gasteiger partial charge in [-0.2, -0.15) is 0 Å². The highest BCUT2D eigenvalue weighted by molar-refractivity contribution is 7.10. The maximum absolute atomic E-state index is 12.6. The molecular weight excluding hydrogens is 300 g/mol. The maximum atomic E-state index is 12.6. The average molecular weight is 316 g/mol. The van der Waals surface area contributed by atoms with E-state index in [-0.39, 0.29) is 24.1 Å². The van der Waals surface area contributed by atoms with Crippen LogP contribution in [-0.4, -0.2) is 22.3 Å². The van der Waals surface area contributed by atoms with Gasteiger partial charge in [0.25, 0.3) is 5.69 Å². The highest BCUT2D eigenvalue weighted by Crippen LogP contribution is 2.35. The van der Waals surface area contributed by atoms with E-state index in [2.05, 4.69) is 0 Å². The van der Waals surface area contributed by atoms with Crippen LogP contribution in [0.3, 0.4) is 0 Å². The van der Waals surface area contributed by atoms with E-state index < -0.39 is 4.92 Å². The van der Waals surface area contributed by atoms with Gasteiger partial charge in [-0.05, 0) is 24.3 Å². The van der Waals surface area contributed by atoms with Gasteiger partial charge < -0.3 is 4.90 Å². The van der Waals surface area contributed by atoms with Crippen molar-refractivity contribution in [2.24, 2.45) is 0 Å². The zero-order valence-electron chi connectivity index (χ0n) is 12.0. The molecule has 2 heterocycles. The monoisotopic (exact) mass is 316 g/mol. The number of nitro groups is 1. The maximum Gasteiger partial charge on any atom is 0.273 e. The summed E-state index contributed by atoms with van der Waals surface area (Å²) in [6.45, 7) is 0.724. The van der Waals surface area contributed by atoms with Crippen molar-refractivity contribution in [2.45, 2.75) is 25.3 Å². The third kappa shape index (κ3) is 2.87. The third-order valence-corrected chi connectivity index (χ3v) is 4.95. The van der Waals surface area contributed by atoms with Gasteiger partial charge in [-0.25, -0.2) is 0 Å². The summed E-state index contributed by atoms with van der Waals surface area (Å²) in [6.07, 6.45) is 2.02. The van der Waals surface area contributed by atoms with Gasteiger partial charge in [0, 0.05) is 23.1 Å². The van der Waals surface area contributed by atoms with Gasteiger partial charge in [0.1, 0.15) is 0 Å². The van der Waals surface area contributed by atoms with Crippen molar-refractivity contribution in [3.63, 3.8) is 0 Å². The summed E-state index contributed by atoms with van der Waals surface area (Å²) in [4.78, 5) is 26.3. The first-order valence-electron chi connectivity index (χ1n) is 7.22. The summed E-state index contributed by atoms with van der Waals surface area (Å²) in [5.74, 6) is -0.0369. The second-order valence-corrected chi connectivity index (χ2v) is 6.30. The van der Waals surface area contributed by atoms with Gasteiger partial charge in [-0.1, -0.05) is 24.3 Å². The number of carbonyl (C=O) groups excluding carboxylic acids is 1. The summed E-state index contributed by atoms with van der Waals surface area (Å²) >= 11 is 1.65. The summed E-state index contributed by atoms with van der Waals surface area (Å²) in [5, 5.41) is 13.1. The molecular formula is C16H16N2O3S. The number of rotatable bonds is 4. The van der Waals surface area contributed by atoms with Crippen molar-refractivity contribution in [1.29, 1.82) is 0 Å². The van der Waals surface area contributed by atoms with E-state index in [1.807, 2.05) is 22.4 Å². The largest absolute Gasteiger partial charge is 0.335 e. The van der Waals surface area contributed by atoms with Crippen molar-refractivity contribution in [1.82, 2.24) is 4.90 Å². The zero-order chi connectivity index (χ0) is 15.5. The minimum Gasteiger partial charge on any atom is -0.335 e. The molecule has 1 unspecified atom stereocenters.